The van der Waals surface area contributed by atoms with Gasteiger partial charge in [0.2, 0.25) is 0 Å². The molecule has 1 aromatic carbocycles. The van der Waals surface area contributed by atoms with Crippen molar-refractivity contribution in [2.75, 3.05) is 19.7 Å². The molecular formula is C20H24N2O. The molecule has 1 aromatic heterocycles. The summed E-state index contributed by atoms with van der Waals surface area (Å²) in [5.41, 5.74) is 4.94. The zero-order valence-electron chi connectivity index (χ0n) is 13.8. The van der Waals surface area contributed by atoms with E-state index < -0.39 is 0 Å². The first-order valence-corrected chi connectivity index (χ1v) is 8.63. The highest BCUT2D eigenvalue weighted by Gasteiger charge is 2.38. The third kappa shape index (κ3) is 2.56. The number of aryl methyl sites for hydroxylation is 1. The fourth-order valence-corrected chi connectivity index (χ4v) is 4.26. The van der Waals surface area contributed by atoms with Crippen LogP contribution >= 0.6 is 0 Å². The molecule has 4 rings (SSSR count). The highest BCUT2D eigenvalue weighted by molar-refractivity contribution is 5.88. The van der Waals surface area contributed by atoms with Gasteiger partial charge in [-0.2, -0.15) is 0 Å². The molecule has 0 saturated carbocycles. The number of nitrogens with zero attached hydrogens (tertiary/aromatic N) is 1. The number of piperidine rings is 1. The summed E-state index contributed by atoms with van der Waals surface area (Å²) in [4.78, 5) is 5.88. The molecule has 3 nitrogen and oxygen atoms in total. The van der Waals surface area contributed by atoms with Crippen molar-refractivity contribution >= 4 is 10.9 Å². The molecule has 2 saturated heterocycles. The van der Waals surface area contributed by atoms with E-state index in [9.17, 15) is 0 Å². The van der Waals surface area contributed by atoms with E-state index >= 15 is 0 Å². The number of rotatable bonds is 2. The number of aromatic nitrogens is 1. The number of hydrogen-bond donors (Lipinski definition) is 1. The molecule has 23 heavy (non-hydrogen) atoms. The topological polar surface area (TPSA) is 28.3 Å². The van der Waals surface area contributed by atoms with Crippen molar-refractivity contribution in [3.8, 4) is 12.3 Å². The molecule has 0 aliphatic carbocycles. The van der Waals surface area contributed by atoms with Crippen LogP contribution < -0.4 is 0 Å². The Kier molecular flexibility index (Phi) is 3.67. The van der Waals surface area contributed by atoms with E-state index in [0.29, 0.717) is 0 Å². The second-order valence-corrected chi connectivity index (χ2v) is 7.04. The average molecular weight is 308 g/mol. The Labute approximate surface area is 138 Å². The van der Waals surface area contributed by atoms with Crippen LogP contribution in [0.5, 0.6) is 0 Å². The number of fused-ring (bicyclic) bond motifs is 1. The van der Waals surface area contributed by atoms with Gasteiger partial charge in [0.15, 0.2) is 0 Å². The van der Waals surface area contributed by atoms with Crippen molar-refractivity contribution in [2.45, 2.75) is 44.8 Å². The van der Waals surface area contributed by atoms with Crippen molar-refractivity contribution in [1.29, 1.82) is 0 Å². The summed E-state index contributed by atoms with van der Waals surface area (Å²) in [6.07, 6.45) is 12.6. The molecule has 3 heteroatoms. The number of likely N-dealkylation sites (tertiary alicyclic amines) is 1. The van der Waals surface area contributed by atoms with Crippen molar-refractivity contribution in [3.05, 3.63) is 35.0 Å². The summed E-state index contributed by atoms with van der Waals surface area (Å²) in [5.74, 6) is 2.89. The summed E-state index contributed by atoms with van der Waals surface area (Å²) < 4.78 is 6.03. The fraction of sp³-hybridized carbons (Fsp3) is 0.500. The normalized spacial score (nSPS) is 21.0. The Balaban J connectivity index is 1.58. The molecule has 0 atom stereocenters. The number of H-pyrrole nitrogens is 1. The van der Waals surface area contributed by atoms with Gasteiger partial charge in [-0.15, -0.1) is 6.42 Å². The maximum atomic E-state index is 6.03. The minimum atomic E-state index is 0.183. The second-order valence-electron chi connectivity index (χ2n) is 7.04. The lowest BCUT2D eigenvalue weighted by atomic mass is 9.88. The molecular weight excluding hydrogens is 284 g/mol. The molecule has 2 fully saturated rings. The summed E-state index contributed by atoms with van der Waals surface area (Å²) >= 11 is 0. The van der Waals surface area contributed by atoms with Crippen LogP contribution in [0.2, 0.25) is 0 Å². The van der Waals surface area contributed by atoms with Gasteiger partial charge >= 0.3 is 0 Å². The number of terminal acetylenes is 1. The van der Waals surface area contributed by atoms with Gasteiger partial charge in [-0.3, -0.25) is 4.90 Å². The highest BCUT2D eigenvalue weighted by Crippen LogP contribution is 2.36. The Morgan fingerprint density at radius 2 is 2.17 bits per heavy atom. The van der Waals surface area contributed by atoms with Crippen LogP contribution in [-0.2, 0) is 11.3 Å². The predicted molar refractivity (Wildman–Crippen MR) is 93.4 cm³/mol. The number of hydrogen-bond acceptors (Lipinski definition) is 2. The minimum Gasteiger partial charge on any atom is -0.375 e. The van der Waals surface area contributed by atoms with Gasteiger partial charge in [0, 0.05) is 48.9 Å². The summed E-state index contributed by atoms with van der Waals surface area (Å²) in [7, 11) is 0. The molecule has 0 amide bonds. The first-order valence-electron chi connectivity index (χ1n) is 8.63. The van der Waals surface area contributed by atoms with E-state index in [2.05, 4.69) is 34.9 Å². The maximum absolute atomic E-state index is 6.03. The van der Waals surface area contributed by atoms with E-state index in [1.54, 1.807) is 0 Å². The summed E-state index contributed by atoms with van der Waals surface area (Å²) in [6, 6.07) is 4.30. The van der Waals surface area contributed by atoms with Crippen molar-refractivity contribution in [3.63, 3.8) is 0 Å². The van der Waals surface area contributed by atoms with Gasteiger partial charge in [0.05, 0.1) is 5.60 Å². The van der Waals surface area contributed by atoms with Crippen LogP contribution in [0.25, 0.3) is 10.9 Å². The lowest BCUT2D eigenvalue weighted by molar-refractivity contribution is -0.0446. The van der Waals surface area contributed by atoms with E-state index in [-0.39, 0.29) is 5.60 Å². The molecule has 1 spiro atoms. The van der Waals surface area contributed by atoms with Crippen LogP contribution in [0.3, 0.4) is 0 Å². The van der Waals surface area contributed by atoms with E-state index in [1.165, 1.54) is 34.9 Å². The van der Waals surface area contributed by atoms with Gasteiger partial charge in [-0.05, 0) is 55.9 Å². The first-order chi connectivity index (χ1) is 11.2. The van der Waals surface area contributed by atoms with Crippen molar-refractivity contribution < 1.29 is 4.74 Å². The zero-order chi connectivity index (χ0) is 15.9. The molecule has 2 aromatic rings. The largest absolute Gasteiger partial charge is 0.375 e. The average Bonchev–Trinajstić information content (AvgIpc) is 3.22. The Hall–Kier alpha value is -1.76. The molecule has 3 heterocycles. The fourth-order valence-electron chi connectivity index (χ4n) is 4.26. The molecule has 2 aliphatic rings. The third-order valence-corrected chi connectivity index (χ3v) is 5.64. The number of aromatic amines is 1. The van der Waals surface area contributed by atoms with Crippen LogP contribution in [0.15, 0.2) is 18.3 Å². The quantitative estimate of drug-likeness (QED) is 0.859. The maximum Gasteiger partial charge on any atom is 0.0707 e. The van der Waals surface area contributed by atoms with Crippen LogP contribution in [0.1, 0.15) is 42.4 Å². The molecule has 120 valence electrons. The monoisotopic (exact) mass is 308 g/mol. The van der Waals surface area contributed by atoms with Crippen LogP contribution in [-0.4, -0.2) is 35.2 Å². The van der Waals surface area contributed by atoms with Crippen LogP contribution in [0, 0.1) is 19.3 Å². The molecule has 0 radical (unpaired) electrons. The predicted octanol–water partition coefficient (Wildman–Crippen LogP) is 3.60. The van der Waals surface area contributed by atoms with Crippen molar-refractivity contribution in [1.82, 2.24) is 9.88 Å². The van der Waals surface area contributed by atoms with Gasteiger partial charge in [-0.1, -0.05) is 5.92 Å². The number of nitrogens with one attached hydrogen (secondary N) is 1. The minimum absolute atomic E-state index is 0.183. The van der Waals surface area contributed by atoms with Gasteiger partial charge < -0.3 is 9.72 Å². The standard InChI is InChI=1S/C20H24N2O/c1-3-16-13-15(2)19-17(5-9-21-19)18(16)14-22-10-7-20(8-11-22)6-4-12-23-20/h1,5,9,13,21H,4,6-8,10-12,14H2,2H3. The Morgan fingerprint density at radius 3 is 2.87 bits per heavy atom. The zero-order valence-corrected chi connectivity index (χ0v) is 13.8. The van der Waals surface area contributed by atoms with E-state index in [1.807, 2.05) is 6.20 Å². The lowest BCUT2D eigenvalue weighted by Gasteiger charge is -2.38. The summed E-state index contributed by atoms with van der Waals surface area (Å²) in [5, 5.41) is 1.27. The summed E-state index contributed by atoms with van der Waals surface area (Å²) in [6.45, 7) is 6.20. The van der Waals surface area contributed by atoms with E-state index in [0.717, 1.165) is 44.6 Å². The number of ether oxygens (including phenoxy) is 1. The highest BCUT2D eigenvalue weighted by atomic mass is 16.5. The molecule has 0 unspecified atom stereocenters. The van der Waals surface area contributed by atoms with Crippen molar-refractivity contribution in [2.24, 2.45) is 0 Å². The molecule has 1 N–H and O–H groups in total. The first kappa shape index (κ1) is 14.8. The molecule has 2 aliphatic heterocycles. The number of benzene rings is 1. The third-order valence-electron chi connectivity index (χ3n) is 5.64. The smallest absolute Gasteiger partial charge is 0.0707 e. The van der Waals surface area contributed by atoms with Gasteiger partial charge in [0.1, 0.15) is 0 Å². The van der Waals surface area contributed by atoms with Gasteiger partial charge in [0.25, 0.3) is 0 Å². The van der Waals surface area contributed by atoms with E-state index in [4.69, 9.17) is 11.2 Å². The SMILES string of the molecule is C#Cc1cc(C)c2[nH]ccc2c1CN1CCC2(CCCO2)CC1. The van der Waals surface area contributed by atoms with Gasteiger partial charge in [-0.25, -0.2) is 0 Å². The molecule has 0 bridgehead atoms. The van der Waals surface area contributed by atoms with Crippen LogP contribution in [0.4, 0.5) is 0 Å². The Bertz CT molecular complexity index is 752. The second kappa shape index (κ2) is 5.70. The lowest BCUT2D eigenvalue weighted by Crippen LogP contribution is -2.43. The Morgan fingerprint density at radius 1 is 1.35 bits per heavy atom.